The normalized spacial score (nSPS) is 14.8. The average molecular weight is 349 g/mol. The van der Waals surface area contributed by atoms with E-state index in [2.05, 4.69) is 44.4 Å². The first-order valence-electron chi connectivity index (χ1n) is 6.92. The Morgan fingerprint density at radius 1 is 1.19 bits per heavy atom. The molecule has 2 aromatic rings. The lowest BCUT2D eigenvalue weighted by Crippen LogP contribution is -2.20. The van der Waals surface area contributed by atoms with Crippen LogP contribution in [0.3, 0.4) is 0 Å². The minimum Gasteiger partial charge on any atom is -0.486 e. The number of hydrogen-bond acceptors (Lipinski definition) is 4. The van der Waals surface area contributed by atoms with Crippen LogP contribution in [0.5, 0.6) is 11.5 Å². The number of nitrogens with zero attached hydrogens (tertiary/aromatic N) is 1. The molecule has 0 fully saturated rings. The minimum atomic E-state index is 0.205. The van der Waals surface area contributed by atoms with Crippen LogP contribution in [0.4, 0.5) is 0 Å². The number of pyridine rings is 1. The monoisotopic (exact) mass is 348 g/mol. The predicted molar refractivity (Wildman–Crippen MR) is 84.9 cm³/mol. The van der Waals surface area contributed by atoms with Gasteiger partial charge in [-0.05, 0) is 58.7 Å². The number of benzene rings is 1. The van der Waals surface area contributed by atoms with Gasteiger partial charge in [-0.15, -0.1) is 0 Å². The molecule has 1 aromatic carbocycles. The third-order valence-corrected chi connectivity index (χ3v) is 3.95. The molecule has 0 saturated heterocycles. The zero-order chi connectivity index (χ0) is 14.7. The second kappa shape index (κ2) is 6.45. The van der Waals surface area contributed by atoms with E-state index in [0.29, 0.717) is 13.2 Å². The summed E-state index contributed by atoms with van der Waals surface area (Å²) in [6.07, 6.45) is 4.55. The lowest BCUT2D eigenvalue weighted by Gasteiger charge is -2.22. The van der Waals surface area contributed by atoms with Crippen LogP contribution < -0.4 is 14.8 Å². The topological polar surface area (TPSA) is 43.4 Å². The van der Waals surface area contributed by atoms with E-state index in [1.165, 1.54) is 11.1 Å². The van der Waals surface area contributed by atoms with Crippen LogP contribution in [0.2, 0.25) is 0 Å². The van der Waals surface area contributed by atoms with Crippen molar-refractivity contribution < 1.29 is 9.47 Å². The maximum Gasteiger partial charge on any atom is 0.161 e. The van der Waals surface area contributed by atoms with Crippen molar-refractivity contribution in [3.05, 3.63) is 52.3 Å². The highest BCUT2D eigenvalue weighted by Crippen LogP contribution is 2.33. The van der Waals surface area contributed by atoms with E-state index in [-0.39, 0.29) is 6.04 Å². The van der Waals surface area contributed by atoms with Crippen molar-refractivity contribution in [3.8, 4) is 11.5 Å². The van der Waals surface area contributed by atoms with Crippen LogP contribution in [0.25, 0.3) is 0 Å². The van der Waals surface area contributed by atoms with Crippen molar-refractivity contribution in [2.45, 2.75) is 12.5 Å². The number of rotatable bonds is 4. The third-order valence-electron chi connectivity index (χ3n) is 3.52. The molecular formula is C16H17BrN2O2. The van der Waals surface area contributed by atoms with Gasteiger partial charge in [-0.2, -0.15) is 0 Å². The molecule has 1 unspecified atom stereocenters. The maximum atomic E-state index is 5.66. The molecule has 1 aromatic heterocycles. The van der Waals surface area contributed by atoms with Crippen molar-refractivity contribution in [2.75, 3.05) is 20.3 Å². The van der Waals surface area contributed by atoms with E-state index in [0.717, 1.165) is 22.4 Å². The number of fused-ring (bicyclic) bond motifs is 1. The molecule has 0 radical (unpaired) electrons. The Morgan fingerprint density at radius 2 is 2.00 bits per heavy atom. The van der Waals surface area contributed by atoms with Crippen LogP contribution >= 0.6 is 15.9 Å². The first kappa shape index (κ1) is 14.4. The Bertz CT molecular complexity index is 633. The molecule has 110 valence electrons. The third kappa shape index (κ3) is 3.36. The number of halogens is 1. The molecule has 0 spiro atoms. The second-order valence-electron chi connectivity index (χ2n) is 4.96. The number of nitrogens with one attached hydrogen (secondary N) is 1. The van der Waals surface area contributed by atoms with Gasteiger partial charge in [0.15, 0.2) is 11.5 Å². The Labute approximate surface area is 132 Å². The molecule has 1 aliphatic rings. The number of hydrogen-bond donors (Lipinski definition) is 1. The van der Waals surface area contributed by atoms with Crippen LogP contribution in [0.15, 0.2) is 41.1 Å². The molecule has 0 aliphatic carbocycles. The largest absolute Gasteiger partial charge is 0.486 e. The molecular weight excluding hydrogens is 332 g/mol. The van der Waals surface area contributed by atoms with Crippen LogP contribution in [-0.4, -0.2) is 25.2 Å². The number of aromatic nitrogens is 1. The quantitative estimate of drug-likeness (QED) is 0.921. The van der Waals surface area contributed by atoms with E-state index >= 15 is 0 Å². The molecule has 5 heteroatoms. The first-order valence-corrected chi connectivity index (χ1v) is 7.72. The van der Waals surface area contributed by atoms with E-state index in [4.69, 9.17) is 9.47 Å². The molecule has 3 rings (SSSR count). The summed E-state index contributed by atoms with van der Waals surface area (Å²) in [5.41, 5.74) is 2.36. The molecule has 1 atom stereocenters. The van der Waals surface area contributed by atoms with Crippen LogP contribution in [0.1, 0.15) is 17.2 Å². The van der Waals surface area contributed by atoms with Crippen molar-refractivity contribution in [1.82, 2.24) is 10.3 Å². The highest BCUT2D eigenvalue weighted by Gasteiger charge is 2.16. The fourth-order valence-electron chi connectivity index (χ4n) is 2.47. The Hall–Kier alpha value is -1.59. The summed E-state index contributed by atoms with van der Waals surface area (Å²) in [5.74, 6) is 1.65. The van der Waals surface area contributed by atoms with Crippen molar-refractivity contribution in [2.24, 2.45) is 0 Å². The van der Waals surface area contributed by atoms with Crippen LogP contribution in [0, 0.1) is 0 Å². The highest BCUT2D eigenvalue weighted by atomic mass is 79.9. The van der Waals surface area contributed by atoms with Crippen molar-refractivity contribution in [3.63, 3.8) is 0 Å². The zero-order valence-electron chi connectivity index (χ0n) is 11.8. The van der Waals surface area contributed by atoms with Crippen molar-refractivity contribution in [1.29, 1.82) is 0 Å². The lowest BCUT2D eigenvalue weighted by atomic mass is 9.99. The Kier molecular flexibility index (Phi) is 4.41. The smallest absolute Gasteiger partial charge is 0.161 e. The SMILES string of the molecule is CNC(Cc1cncc(Br)c1)c1ccc2c(c1)OCCO2. The van der Waals surface area contributed by atoms with E-state index < -0.39 is 0 Å². The summed E-state index contributed by atoms with van der Waals surface area (Å²) in [5, 5.41) is 3.35. The number of ether oxygens (including phenoxy) is 2. The minimum absolute atomic E-state index is 0.205. The second-order valence-corrected chi connectivity index (χ2v) is 5.88. The summed E-state index contributed by atoms with van der Waals surface area (Å²) in [6.45, 7) is 1.22. The number of likely N-dealkylation sites (N-methyl/N-ethyl adjacent to an activating group) is 1. The zero-order valence-corrected chi connectivity index (χ0v) is 13.4. The summed E-state index contributed by atoms with van der Waals surface area (Å²) >= 11 is 3.46. The van der Waals surface area contributed by atoms with Gasteiger partial charge in [0, 0.05) is 22.9 Å². The summed E-state index contributed by atoms with van der Waals surface area (Å²) < 4.78 is 12.2. The van der Waals surface area contributed by atoms with Gasteiger partial charge in [-0.3, -0.25) is 4.98 Å². The van der Waals surface area contributed by atoms with Gasteiger partial charge >= 0.3 is 0 Å². The first-order chi connectivity index (χ1) is 10.3. The summed E-state index contributed by atoms with van der Waals surface area (Å²) in [6, 6.07) is 8.42. The van der Waals surface area contributed by atoms with E-state index in [1.807, 2.05) is 19.3 Å². The maximum absolute atomic E-state index is 5.66. The molecule has 0 saturated carbocycles. The molecule has 0 amide bonds. The van der Waals surface area contributed by atoms with Crippen LogP contribution in [-0.2, 0) is 6.42 Å². The van der Waals surface area contributed by atoms with Gasteiger partial charge in [0.05, 0.1) is 0 Å². The van der Waals surface area contributed by atoms with Gasteiger partial charge in [-0.1, -0.05) is 6.07 Å². The van der Waals surface area contributed by atoms with Gasteiger partial charge in [-0.25, -0.2) is 0 Å². The molecule has 4 nitrogen and oxygen atoms in total. The van der Waals surface area contributed by atoms with E-state index in [9.17, 15) is 0 Å². The van der Waals surface area contributed by atoms with Gasteiger partial charge < -0.3 is 14.8 Å². The molecule has 0 bridgehead atoms. The highest BCUT2D eigenvalue weighted by molar-refractivity contribution is 9.10. The van der Waals surface area contributed by atoms with Gasteiger partial charge in [0.1, 0.15) is 13.2 Å². The Balaban J connectivity index is 1.82. The summed E-state index contributed by atoms with van der Waals surface area (Å²) in [7, 11) is 1.97. The molecule has 21 heavy (non-hydrogen) atoms. The predicted octanol–water partition coefficient (Wildman–Crippen LogP) is 3.12. The molecule has 2 heterocycles. The van der Waals surface area contributed by atoms with Crippen molar-refractivity contribution >= 4 is 15.9 Å². The van der Waals surface area contributed by atoms with Gasteiger partial charge in [0.2, 0.25) is 0 Å². The summed E-state index contributed by atoms with van der Waals surface area (Å²) in [4.78, 5) is 4.22. The standard InChI is InChI=1S/C16H17BrN2O2/c1-18-14(7-11-6-13(17)10-19-9-11)12-2-3-15-16(8-12)21-5-4-20-15/h2-3,6,8-10,14,18H,4-5,7H2,1H3. The molecule has 1 aliphatic heterocycles. The Morgan fingerprint density at radius 3 is 2.76 bits per heavy atom. The van der Waals surface area contributed by atoms with E-state index in [1.54, 1.807) is 6.20 Å². The molecule has 1 N–H and O–H groups in total. The average Bonchev–Trinajstić information content (AvgIpc) is 2.52. The fourth-order valence-corrected chi connectivity index (χ4v) is 2.88. The van der Waals surface area contributed by atoms with Gasteiger partial charge in [0.25, 0.3) is 0 Å². The fraction of sp³-hybridized carbons (Fsp3) is 0.312. The lowest BCUT2D eigenvalue weighted by molar-refractivity contribution is 0.171.